The predicted octanol–water partition coefficient (Wildman–Crippen LogP) is 27.0. The smallest absolute Gasteiger partial charge is 0.462 e. The summed E-state index contributed by atoms with van der Waals surface area (Å²) in [6.45, 7) is 9.70. The van der Waals surface area contributed by atoms with E-state index in [1.807, 2.05) is 0 Å². The lowest BCUT2D eigenvalue weighted by molar-refractivity contribution is -0.161. The van der Waals surface area contributed by atoms with Gasteiger partial charge in [-0.3, -0.25) is 37.3 Å². The standard InChI is InChI=1S/C88H172O17P2/c1-7-10-12-14-16-18-20-22-24-26-28-29-31-33-35-37-39-48-54-60-66-72-87(92)104-83(76-98-85(90)70-64-58-52-46-38-36-34-32-30-27-25-23-21-19-17-15-13-11-8-2)78-102-106(94,95)100-74-82(89)75-101-107(96,97)103-79-84(77-99-86(91)71-65-59-53-47-42-40-44-50-56-62-68-80(4)5)105-88(93)73-67-61-55-49-43-41-45-51-57-63-69-81(6)9-3/h80-84,89H,7-79H2,1-6H3,(H,94,95)(H,96,97)/t81?,82-,83-,84-/m1/s1. The van der Waals surface area contributed by atoms with Crippen molar-refractivity contribution < 1.29 is 80.2 Å². The van der Waals surface area contributed by atoms with Gasteiger partial charge in [-0.25, -0.2) is 9.13 Å². The summed E-state index contributed by atoms with van der Waals surface area (Å²) in [5, 5.41) is 10.7. The molecule has 0 aliphatic carbocycles. The summed E-state index contributed by atoms with van der Waals surface area (Å²) >= 11 is 0. The van der Waals surface area contributed by atoms with Gasteiger partial charge in [-0.05, 0) is 37.5 Å². The fourth-order valence-corrected chi connectivity index (χ4v) is 15.3. The molecule has 0 aromatic carbocycles. The SMILES string of the molecule is CCCCCCCCCCCCCCCCCCCCCCCC(=O)O[C@H](COC(=O)CCCCCCCCCCCCCCCCCCCCC)COP(=O)(O)OC[C@@H](O)COP(=O)(O)OC[C@@H](COC(=O)CCCCCCCCCCCCC(C)C)OC(=O)CCCCCCCCCCCCC(C)CC. The fourth-order valence-electron chi connectivity index (χ4n) is 13.7. The van der Waals surface area contributed by atoms with Gasteiger partial charge < -0.3 is 33.8 Å². The highest BCUT2D eigenvalue weighted by Crippen LogP contribution is 2.45. The number of carbonyl (C=O) groups excluding carboxylic acids is 4. The van der Waals surface area contributed by atoms with Gasteiger partial charge in [0.1, 0.15) is 19.3 Å². The van der Waals surface area contributed by atoms with Crippen molar-refractivity contribution in [2.75, 3.05) is 39.6 Å². The molecule has 3 N–H and O–H groups in total. The third-order valence-corrected chi connectivity index (χ3v) is 23.0. The van der Waals surface area contributed by atoms with E-state index in [9.17, 15) is 43.2 Å². The Hall–Kier alpha value is -1.94. The topological polar surface area (TPSA) is 237 Å². The van der Waals surface area contributed by atoms with Crippen LogP contribution in [0.15, 0.2) is 0 Å². The third-order valence-electron chi connectivity index (χ3n) is 21.1. The number of aliphatic hydroxyl groups is 1. The number of esters is 4. The Morgan fingerprint density at radius 3 is 0.710 bits per heavy atom. The average Bonchev–Trinajstić information content (AvgIpc) is 0.917. The van der Waals surface area contributed by atoms with E-state index < -0.39 is 97.5 Å². The summed E-state index contributed by atoms with van der Waals surface area (Å²) in [7, 11) is -9.93. The predicted molar refractivity (Wildman–Crippen MR) is 442 cm³/mol. The van der Waals surface area contributed by atoms with Gasteiger partial charge in [0.15, 0.2) is 12.2 Å². The number of carbonyl (C=O) groups is 4. The Morgan fingerprint density at radius 1 is 0.271 bits per heavy atom. The number of rotatable bonds is 87. The first-order valence-corrected chi connectivity index (χ1v) is 48.5. The highest BCUT2D eigenvalue weighted by molar-refractivity contribution is 7.47. The van der Waals surface area contributed by atoms with E-state index >= 15 is 0 Å². The van der Waals surface area contributed by atoms with Crippen LogP contribution < -0.4 is 0 Å². The molecule has 6 atom stereocenters. The number of hydrogen-bond acceptors (Lipinski definition) is 15. The molecular formula is C88H172O17P2. The lowest BCUT2D eigenvalue weighted by atomic mass is 9.99. The number of ether oxygens (including phenoxy) is 4. The average molecular weight is 1560 g/mol. The zero-order valence-electron chi connectivity index (χ0n) is 70.5. The number of hydrogen-bond donors (Lipinski definition) is 3. The van der Waals surface area contributed by atoms with Crippen molar-refractivity contribution in [3.63, 3.8) is 0 Å². The van der Waals surface area contributed by atoms with Gasteiger partial charge in [0.05, 0.1) is 26.4 Å². The van der Waals surface area contributed by atoms with Crippen molar-refractivity contribution in [3.8, 4) is 0 Å². The molecule has 0 bridgehead atoms. The van der Waals surface area contributed by atoms with E-state index in [2.05, 4.69) is 41.5 Å². The highest BCUT2D eigenvalue weighted by Gasteiger charge is 2.31. The van der Waals surface area contributed by atoms with Crippen LogP contribution in [0.5, 0.6) is 0 Å². The second-order valence-electron chi connectivity index (χ2n) is 32.4. The summed E-state index contributed by atoms with van der Waals surface area (Å²) in [6, 6.07) is 0. The molecule has 17 nitrogen and oxygen atoms in total. The highest BCUT2D eigenvalue weighted by atomic mass is 31.2. The molecule has 0 spiro atoms. The molecular weight excluding hydrogens is 1390 g/mol. The summed E-state index contributed by atoms with van der Waals surface area (Å²) < 4.78 is 69.0. The van der Waals surface area contributed by atoms with Crippen molar-refractivity contribution in [1.82, 2.24) is 0 Å². The van der Waals surface area contributed by atoms with Crippen LogP contribution in [0, 0.1) is 11.8 Å². The van der Waals surface area contributed by atoms with Gasteiger partial charge in [0.25, 0.3) is 0 Å². The number of unbranched alkanes of at least 4 members (excludes halogenated alkanes) is 56. The molecule has 0 fully saturated rings. The van der Waals surface area contributed by atoms with Crippen molar-refractivity contribution in [3.05, 3.63) is 0 Å². The molecule has 0 aromatic heterocycles. The van der Waals surface area contributed by atoms with Gasteiger partial charge in [-0.1, -0.05) is 420 Å². The summed E-state index contributed by atoms with van der Waals surface area (Å²) in [4.78, 5) is 73.3. The number of aliphatic hydroxyl groups excluding tert-OH is 1. The van der Waals surface area contributed by atoms with Crippen molar-refractivity contribution in [2.24, 2.45) is 11.8 Å². The van der Waals surface area contributed by atoms with E-state index in [1.165, 1.54) is 289 Å². The molecule has 0 amide bonds. The van der Waals surface area contributed by atoms with Gasteiger partial charge in [0, 0.05) is 25.7 Å². The van der Waals surface area contributed by atoms with Crippen LogP contribution >= 0.6 is 15.6 Å². The van der Waals surface area contributed by atoms with Crippen LogP contribution in [-0.4, -0.2) is 96.7 Å². The van der Waals surface area contributed by atoms with Crippen LogP contribution in [-0.2, 0) is 65.4 Å². The number of phosphoric acid groups is 2. The van der Waals surface area contributed by atoms with E-state index in [4.69, 9.17) is 37.0 Å². The molecule has 0 aliphatic heterocycles. The first-order valence-electron chi connectivity index (χ1n) is 45.5. The van der Waals surface area contributed by atoms with Crippen LogP contribution in [0.4, 0.5) is 0 Å². The molecule has 0 saturated carbocycles. The van der Waals surface area contributed by atoms with Crippen molar-refractivity contribution in [1.29, 1.82) is 0 Å². The Labute approximate surface area is 658 Å². The number of phosphoric ester groups is 2. The molecule has 0 rings (SSSR count). The maximum atomic E-state index is 13.2. The molecule has 636 valence electrons. The minimum Gasteiger partial charge on any atom is -0.462 e. The normalized spacial score (nSPS) is 14.0. The minimum absolute atomic E-state index is 0.106. The Kier molecular flexibility index (Phi) is 77.9. The third kappa shape index (κ3) is 80.5. The Balaban J connectivity index is 5.25. The first-order chi connectivity index (χ1) is 51.9. The van der Waals surface area contributed by atoms with Crippen LogP contribution in [0.2, 0.25) is 0 Å². The fraction of sp³-hybridized carbons (Fsp3) is 0.955. The van der Waals surface area contributed by atoms with E-state index in [0.29, 0.717) is 25.7 Å². The van der Waals surface area contributed by atoms with E-state index in [0.717, 1.165) is 102 Å². The van der Waals surface area contributed by atoms with Crippen molar-refractivity contribution in [2.45, 2.75) is 490 Å². The quantitative estimate of drug-likeness (QED) is 0.0222. The lowest BCUT2D eigenvalue weighted by Crippen LogP contribution is -2.30. The van der Waals surface area contributed by atoms with Gasteiger partial charge in [-0.2, -0.15) is 0 Å². The molecule has 19 heteroatoms. The van der Waals surface area contributed by atoms with Gasteiger partial charge in [-0.15, -0.1) is 0 Å². The van der Waals surface area contributed by atoms with E-state index in [-0.39, 0.29) is 25.7 Å². The maximum Gasteiger partial charge on any atom is 0.472 e. The minimum atomic E-state index is -4.97. The van der Waals surface area contributed by atoms with Crippen LogP contribution in [0.1, 0.15) is 472 Å². The van der Waals surface area contributed by atoms with Crippen LogP contribution in [0.3, 0.4) is 0 Å². The molecule has 0 heterocycles. The summed E-state index contributed by atoms with van der Waals surface area (Å²) in [6.07, 6.45) is 72.2. The molecule has 107 heavy (non-hydrogen) atoms. The monoisotopic (exact) mass is 1560 g/mol. The second kappa shape index (κ2) is 79.3. The molecule has 3 unspecified atom stereocenters. The Morgan fingerprint density at radius 2 is 0.477 bits per heavy atom. The molecule has 0 saturated heterocycles. The lowest BCUT2D eigenvalue weighted by Gasteiger charge is -2.21. The molecule has 0 radical (unpaired) electrons. The summed E-state index contributed by atoms with van der Waals surface area (Å²) in [5.41, 5.74) is 0. The van der Waals surface area contributed by atoms with Gasteiger partial charge in [0.2, 0.25) is 0 Å². The maximum absolute atomic E-state index is 13.2. The zero-order valence-corrected chi connectivity index (χ0v) is 72.2. The zero-order chi connectivity index (χ0) is 78.5. The summed E-state index contributed by atoms with van der Waals surface area (Å²) in [5.74, 6) is -0.539. The largest absolute Gasteiger partial charge is 0.472 e. The Bertz CT molecular complexity index is 2050. The first kappa shape index (κ1) is 105. The molecule has 0 aromatic rings. The molecule has 0 aliphatic rings. The van der Waals surface area contributed by atoms with Gasteiger partial charge >= 0.3 is 39.5 Å². The van der Waals surface area contributed by atoms with Crippen molar-refractivity contribution >= 4 is 39.5 Å². The van der Waals surface area contributed by atoms with E-state index in [1.54, 1.807) is 0 Å². The van der Waals surface area contributed by atoms with Crippen LogP contribution in [0.25, 0.3) is 0 Å². The second-order valence-corrected chi connectivity index (χ2v) is 35.3.